The van der Waals surface area contributed by atoms with E-state index in [4.69, 9.17) is 9.52 Å². The van der Waals surface area contributed by atoms with Gasteiger partial charge in [-0.1, -0.05) is 0 Å². The maximum Gasteiger partial charge on any atom is 0.339 e. The number of hydrogen-bond donors (Lipinski definition) is 3. The quantitative estimate of drug-likeness (QED) is 0.694. The molecule has 1 fully saturated rings. The highest BCUT2D eigenvalue weighted by Crippen LogP contribution is 2.18. The van der Waals surface area contributed by atoms with Crippen LogP contribution >= 0.6 is 0 Å². The number of rotatable bonds is 6. The third-order valence-electron chi connectivity index (χ3n) is 2.86. The second-order valence-corrected chi connectivity index (χ2v) is 4.45. The molecule has 1 aromatic heterocycles. The molecule has 1 aliphatic rings. The number of aromatic carboxylic acids is 1. The number of hydrogen-bond acceptors (Lipinski definition) is 4. The van der Waals surface area contributed by atoms with Crippen LogP contribution in [0.5, 0.6) is 0 Å². The van der Waals surface area contributed by atoms with Crippen LogP contribution in [-0.4, -0.2) is 29.1 Å². The monoisotopic (exact) mass is 252 g/mol. The molecule has 0 spiro atoms. The van der Waals surface area contributed by atoms with Gasteiger partial charge in [0.15, 0.2) is 0 Å². The van der Waals surface area contributed by atoms with Crippen LogP contribution in [0.3, 0.4) is 0 Å². The summed E-state index contributed by atoms with van der Waals surface area (Å²) in [6, 6.07) is 1.34. The Hall–Kier alpha value is -1.82. The molecule has 18 heavy (non-hydrogen) atoms. The molecule has 6 nitrogen and oxygen atoms in total. The third kappa shape index (κ3) is 3.10. The lowest BCUT2D eigenvalue weighted by molar-refractivity contribution is -0.122. The van der Waals surface area contributed by atoms with Crippen LogP contribution in [0.4, 0.5) is 0 Å². The Morgan fingerprint density at radius 2 is 2.28 bits per heavy atom. The predicted molar refractivity (Wildman–Crippen MR) is 63.1 cm³/mol. The average Bonchev–Trinajstić information content (AvgIpc) is 3.00. The SMILES string of the molecule is CC(NCc1occc1C(=O)O)C(=O)NC1CC1. The van der Waals surface area contributed by atoms with E-state index in [2.05, 4.69) is 10.6 Å². The van der Waals surface area contributed by atoms with Crippen LogP contribution in [0.15, 0.2) is 16.7 Å². The largest absolute Gasteiger partial charge is 0.478 e. The lowest BCUT2D eigenvalue weighted by atomic mass is 10.2. The van der Waals surface area contributed by atoms with Crippen LogP contribution in [-0.2, 0) is 11.3 Å². The molecule has 3 N–H and O–H groups in total. The minimum atomic E-state index is -1.03. The van der Waals surface area contributed by atoms with Gasteiger partial charge < -0.3 is 14.8 Å². The van der Waals surface area contributed by atoms with Gasteiger partial charge in [-0.25, -0.2) is 4.79 Å². The fourth-order valence-corrected chi connectivity index (χ4v) is 1.56. The van der Waals surface area contributed by atoms with E-state index >= 15 is 0 Å². The molecule has 0 bridgehead atoms. The van der Waals surface area contributed by atoms with Crippen molar-refractivity contribution in [2.75, 3.05) is 0 Å². The van der Waals surface area contributed by atoms with Gasteiger partial charge in [0.2, 0.25) is 5.91 Å². The van der Waals surface area contributed by atoms with Crippen LogP contribution in [0, 0.1) is 0 Å². The fourth-order valence-electron chi connectivity index (χ4n) is 1.56. The number of nitrogens with one attached hydrogen (secondary N) is 2. The summed E-state index contributed by atoms with van der Waals surface area (Å²) in [7, 11) is 0. The van der Waals surface area contributed by atoms with E-state index in [1.807, 2.05) is 0 Å². The molecule has 1 amide bonds. The standard InChI is InChI=1S/C12H16N2O4/c1-7(11(15)14-8-2-3-8)13-6-10-9(12(16)17)4-5-18-10/h4-5,7-8,13H,2-3,6H2,1H3,(H,14,15)(H,16,17). The van der Waals surface area contributed by atoms with Crippen molar-refractivity contribution in [3.8, 4) is 0 Å². The molecule has 1 aromatic rings. The number of carbonyl (C=O) groups is 2. The maximum absolute atomic E-state index is 11.7. The third-order valence-corrected chi connectivity index (χ3v) is 2.86. The summed E-state index contributed by atoms with van der Waals surface area (Å²) in [5.74, 6) is -0.773. The van der Waals surface area contributed by atoms with Crippen molar-refractivity contribution < 1.29 is 19.1 Å². The highest BCUT2D eigenvalue weighted by molar-refractivity contribution is 5.88. The minimum Gasteiger partial charge on any atom is -0.478 e. The first-order chi connectivity index (χ1) is 8.58. The molecule has 1 aliphatic carbocycles. The summed E-state index contributed by atoms with van der Waals surface area (Å²) in [6.07, 6.45) is 3.41. The van der Waals surface area contributed by atoms with Crippen molar-refractivity contribution in [3.63, 3.8) is 0 Å². The van der Waals surface area contributed by atoms with Gasteiger partial charge in [0.1, 0.15) is 11.3 Å². The zero-order valence-electron chi connectivity index (χ0n) is 10.1. The van der Waals surface area contributed by atoms with Crippen LogP contribution < -0.4 is 10.6 Å². The number of carboxylic acid groups (broad SMARTS) is 1. The Morgan fingerprint density at radius 3 is 2.89 bits per heavy atom. The number of furan rings is 1. The molecule has 0 aromatic carbocycles. The van der Waals surface area contributed by atoms with Gasteiger partial charge in [-0.2, -0.15) is 0 Å². The van der Waals surface area contributed by atoms with E-state index in [0.29, 0.717) is 11.8 Å². The summed E-state index contributed by atoms with van der Waals surface area (Å²) in [6.45, 7) is 1.95. The molecule has 0 radical (unpaired) electrons. The zero-order valence-corrected chi connectivity index (χ0v) is 10.1. The molecule has 1 atom stereocenters. The smallest absolute Gasteiger partial charge is 0.339 e. The molecule has 0 saturated heterocycles. The summed E-state index contributed by atoms with van der Waals surface area (Å²) in [5, 5.41) is 14.7. The molecule has 1 heterocycles. The van der Waals surface area contributed by atoms with Gasteiger partial charge in [0, 0.05) is 6.04 Å². The topological polar surface area (TPSA) is 91.6 Å². The minimum absolute atomic E-state index is 0.0686. The van der Waals surface area contributed by atoms with Crippen molar-refractivity contribution in [1.29, 1.82) is 0 Å². The first-order valence-electron chi connectivity index (χ1n) is 5.91. The number of carboxylic acids is 1. The average molecular weight is 252 g/mol. The molecular formula is C12H16N2O4. The van der Waals surface area contributed by atoms with Crippen LogP contribution in [0.2, 0.25) is 0 Å². The van der Waals surface area contributed by atoms with Crippen LogP contribution in [0.1, 0.15) is 35.9 Å². The second kappa shape index (κ2) is 5.22. The Balaban J connectivity index is 1.84. The number of carbonyl (C=O) groups excluding carboxylic acids is 1. The molecule has 1 unspecified atom stereocenters. The van der Waals surface area contributed by atoms with E-state index in [1.165, 1.54) is 12.3 Å². The van der Waals surface area contributed by atoms with Gasteiger partial charge in [0.25, 0.3) is 0 Å². The Bertz CT molecular complexity index is 451. The lowest BCUT2D eigenvalue weighted by Gasteiger charge is -2.12. The van der Waals surface area contributed by atoms with E-state index in [-0.39, 0.29) is 24.1 Å². The Kier molecular flexibility index (Phi) is 3.66. The van der Waals surface area contributed by atoms with E-state index in [0.717, 1.165) is 12.8 Å². The second-order valence-electron chi connectivity index (χ2n) is 4.45. The van der Waals surface area contributed by atoms with Crippen molar-refractivity contribution >= 4 is 11.9 Å². The number of amides is 1. The molecule has 1 saturated carbocycles. The predicted octanol–water partition coefficient (Wildman–Crippen LogP) is 0.734. The summed E-state index contributed by atoms with van der Waals surface area (Å²) in [4.78, 5) is 22.5. The first-order valence-corrected chi connectivity index (χ1v) is 5.91. The van der Waals surface area contributed by atoms with Gasteiger partial charge in [-0.15, -0.1) is 0 Å². The first kappa shape index (κ1) is 12.6. The summed E-state index contributed by atoms with van der Waals surface area (Å²) >= 11 is 0. The Labute approximate surface area is 104 Å². The van der Waals surface area contributed by atoms with E-state index < -0.39 is 5.97 Å². The lowest BCUT2D eigenvalue weighted by Crippen LogP contribution is -2.42. The van der Waals surface area contributed by atoms with E-state index in [1.54, 1.807) is 6.92 Å². The van der Waals surface area contributed by atoms with Gasteiger partial charge in [-0.05, 0) is 25.8 Å². The van der Waals surface area contributed by atoms with Crippen molar-refractivity contribution in [1.82, 2.24) is 10.6 Å². The zero-order chi connectivity index (χ0) is 13.1. The van der Waals surface area contributed by atoms with Crippen molar-refractivity contribution in [2.24, 2.45) is 0 Å². The van der Waals surface area contributed by atoms with Crippen molar-refractivity contribution in [3.05, 3.63) is 23.7 Å². The van der Waals surface area contributed by atoms with Gasteiger partial charge in [-0.3, -0.25) is 10.1 Å². The molecule has 98 valence electrons. The normalized spacial score (nSPS) is 16.3. The van der Waals surface area contributed by atoms with Crippen molar-refractivity contribution in [2.45, 2.75) is 38.4 Å². The van der Waals surface area contributed by atoms with Gasteiger partial charge >= 0.3 is 5.97 Å². The Morgan fingerprint density at radius 1 is 1.56 bits per heavy atom. The van der Waals surface area contributed by atoms with Crippen LogP contribution in [0.25, 0.3) is 0 Å². The molecular weight excluding hydrogens is 236 g/mol. The fraction of sp³-hybridized carbons (Fsp3) is 0.500. The summed E-state index contributed by atoms with van der Waals surface area (Å²) in [5.41, 5.74) is 0.123. The molecule has 0 aliphatic heterocycles. The molecule has 6 heteroatoms. The highest BCUT2D eigenvalue weighted by atomic mass is 16.4. The van der Waals surface area contributed by atoms with Gasteiger partial charge in [0.05, 0.1) is 18.8 Å². The van der Waals surface area contributed by atoms with E-state index in [9.17, 15) is 9.59 Å². The highest BCUT2D eigenvalue weighted by Gasteiger charge is 2.25. The molecule has 2 rings (SSSR count). The summed E-state index contributed by atoms with van der Waals surface area (Å²) < 4.78 is 5.07. The maximum atomic E-state index is 11.7.